The molecule has 0 radical (unpaired) electrons. The van der Waals surface area contributed by atoms with Crippen LogP contribution in [-0.4, -0.2) is 33.4 Å². The van der Waals surface area contributed by atoms with Gasteiger partial charge in [0.1, 0.15) is 12.0 Å². The molecule has 1 aromatic heterocycles. The lowest BCUT2D eigenvalue weighted by atomic mass is 10.0. The number of hydrogen-bond donors (Lipinski definition) is 2. The third kappa shape index (κ3) is 2.24. The first-order valence-corrected chi connectivity index (χ1v) is 5.33. The van der Waals surface area contributed by atoms with Crippen molar-refractivity contribution in [2.75, 3.05) is 12.3 Å². The van der Waals surface area contributed by atoms with Gasteiger partial charge < -0.3 is 15.6 Å². The van der Waals surface area contributed by atoms with Gasteiger partial charge in [-0.1, -0.05) is 0 Å². The first-order valence-electron chi connectivity index (χ1n) is 5.33. The van der Waals surface area contributed by atoms with Crippen LogP contribution in [-0.2, 0) is 9.53 Å². The van der Waals surface area contributed by atoms with Crippen molar-refractivity contribution in [1.82, 2.24) is 9.55 Å². The Morgan fingerprint density at radius 1 is 1.72 bits per heavy atom. The molecule has 0 spiro atoms. The molecule has 0 aliphatic carbocycles. The Morgan fingerprint density at radius 2 is 2.44 bits per heavy atom. The van der Waals surface area contributed by atoms with E-state index in [4.69, 9.17) is 15.6 Å². The van der Waals surface area contributed by atoms with E-state index in [1.54, 1.807) is 0 Å². The van der Waals surface area contributed by atoms with Crippen LogP contribution >= 0.6 is 0 Å². The lowest BCUT2D eigenvalue weighted by molar-refractivity contribution is -0.136. The molecule has 0 bridgehead atoms. The molecule has 0 unspecified atom stereocenters. The summed E-state index contributed by atoms with van der Waals surface area (Å²) in [4.78, 5) is 25.8. The first-order chi connectivity index (χ1) is 8.52. The van der Waals surface area contributed by atoms with Gasteiger partial charge in [0.15, 0.2) is 0 Å². The summed E-state index contributed by atoms with van der Waals surface area (Å²) in [6.07, 6.45) is -0.439. The van der Waals surface area contributed by atoms with Crippen LogP contribution in [0.2, 0.25) is 0 Å². The third-order valence-corrected chi connectivity index (χ3v) is 2.87. The van der Waals surface area contributed by atoms with E-state index < -0.39 is 36.6 Å². The number of rotatable bonds is 3. The number of ether oxygens (including phenoxy) is 1. The van der Waals surface area contributed by atoms with Crippen molar-refractivity contribution in [2.45, 2.75) is 18.8 Å². The predicted molar refractivity (Wildman–Crippen MR) is 58.1 cm³/mol. The molecule has 1 saturated heterocycles. The number of nitrogens with zero attached hydrogens (tertiary/aromatic N) is 2. The molecule has 1 aliphatic rings. The van der Waals surface area contributed by atoms with Crippen molar-refractivity contribution in [3.8, 4) is 0 Å². The van der Waals surface area contributed by atoms with Gasteiger partial charge in [-0.15, -0.1) is 0 Å². The van der Waals surface area contributed by atoms with Crippen LogP contribution in [0.1, 0.15) is 12.6 Å². The van der Waals surface area contributed by atoms with Gasteiger partial charge in [-0.25, -0.2) is 4.79 Å². The molecule has 3 N–H and O–H groups in total. The van der Waals surface area contributed by atoms with E-state index in [9.17, 15) is 14.0 Å². The van der Waals surface area contributed by atoms with Gasteiger partial charge in [-0.05, 0) is 6.07 Å². The molecular weight excluding hydrogens is 245 g/mol. The molecule has 1 aromatic rings. The molecule has 0 saturated carbocycles. The molecule has 8 heteroatoms. The number of hydrogen-bond acceptors (Lipinski definition) is 6. The summed E-state index contributed by atoms with van der Waals surface area (Å²) in [6, 6.07) is -0.170. The highest BCUT2D eigenvalue weighted by molar-refractivity contribution is 5.72. The maximum absolute atomic E-state index is 12.7. The first kappa shape index (κ1) is 12.7. The van der Waals surface area contributed by atoms with Crippen molar-refractivity contribution in [3.63, 3.8) is 0 Å². The monoisotopic (exact) mass is 257 g/mol. The summed E-state index contributed by atoms with van der Waals surface area (Å²) < 4.78 is 19.1. The number of aromatic nitrogens is 2. The molecule has 98 valence electrons. The number of aliphatic hydroxyl groups is 1. The van der Waals surface area contributed by atoms with Gasteiger partial charge in [-0.3, -0.25) is 9.36 Å². The maximum Gasteiger partial charge on any atom is 0.351 e. The van der Waals surface area contributed by atoms with Crippen molar-refractivity contribution in [2.24, 2.45) is 5.92 Å². The molecule has 0 aromatic carbocycles. The molecule has 1 aliphatic heterocycles. The van der Waals surface area contributed by atoms with E-state index in [2.05, 4.69) is 4.98 Å². The van der Waals surface area contributed by atoms with Crippen molar-refractivity contribution < 1.29 is 19.0 Å². The number of anilines is 1. The summed E-state index contributed by atoms with van der Waals surface area (Å²) in [5.74, 6) is -1.00. The highest BCUT2D eigenvalue weighted by atomic mass is 19.1. The van der Waals surface area contributed by atoms with Gasteiger partial charge >= 0.3 is 11.7 Å². The number of carbonyl (C=O) groups is 1. The smallest absolute Gasteiger partial charge is 0.351 e. The molecule has 1 fully saturated rings. The normalized spacial score (nSPS) is 27.3. The zero-order valence-electron chi connectivity index (χ0n) is 9.32. The number of carbonyl (C=O) groups excluding carboxylic acids is 1. The Kier molecular flexibility index (Phi) is 3.39. The van der Waals surface area contributed by atoms with E-state index in [0.717, 1.165) is 4.57 Å². The fraction of sp³-hybridized carbons (Fsp3) is 0.500. The minimum Gasteiger partial charge on any atom is -0.394 e. The standard InChI is InChI=1S/C10H12FN3O4/c11-9(16)5-3-8(18-6(5)4-15)14-2-1-7(12)13-10(14)17/h1-2,5-6,8,15H,3-4H2,(H2,12,13,17)/t5-,6+,8+/m0/s1. The van der Waals surface area contributed by atoms with E-state index in [1.165, 1.54) is 12.3 Å². The fourth-order valence-corrected chi connectivity index (χ4v) is 1.95. The van der Waals surface area contributed by atoms with Gasteiger partial charge in [0.2, 0.25) is 0 Å². The Labute approximate surface area is 101 Å². The van der Waals surface area contributed by atoms with Crippen LogP contribution in [0.25, 0.3) is 0 Å². The highest BCUT2D eigenvalue weighted by Crippen LogP contribution is 2.33. The van der Waals surface area contributed by atoms with Crippen molar-refractivity contribution >= 4 is 11.9 Å². The fourth-order valence-electron chi connectivity index (χ4n) is 1.95. The zero-order chi connectivity index (χ0) is 13.3. The summed E-state index contributed by atoms with van der Waals surface area (Å²) in [7, 11) is 0. The SMILES string of the molecule is Nc1ccn([C@H]2C[C@H](C(=O)F)[C@@H](CO)O2)c(=O)n1. The summed E-state index contributed by atoms with van der Waals surface area (Å²) in [5, 5.41) is 9.00. The van der Waals surface area contributed by atoms with Crippen molar-refractivity contribution in [3.05, 3.63) is 22.7 Å². The molecule has 2 rings (SSSR count). The molecule has 2 heterocycles. The van der Waals surface area contributed by atoms with Gasteiger partial charge in [0.25, 0.3) is 0 Å². The highest BCUT2D eigenvalue weighted by Gasteiger charge is 2.40. The maximum atomic E-state index is 12.7. The van der Waals surface area contributed by atoms with E-state index >= 15 is 0 Å². The second kappa shape index (κ2) is 4.83. The summed E-state index contributed by atoms with van der Waals surface area (Å²) in [6.45, 7) is -0.492. The Morgan fingerprint density at radius 3 is 2.94 bits per heavy atom. The minimum absolute atomic E-state index is 0.0218. The molecule has 7 nitrogen and oxygen atoms in total. The number of halogens is 1. The zero-order valence-corrected chi connectivity index (χ0v) is 9.32. The molecule has 3 atom stereocenters. The largest absolute Gasteiger partial charge is 0.394 e. The van der Waals surface area contributed by atoms with Crippen molar-refractivity contribution in [1.29, 1.82) is 0 Å². The number of nitrogen functional groups attached to an aromatic ring is 1. The number of nitrogens with two attached hydrogens (primary N) is 1. The average molecular weight is 257 g/mol. The lowest BCUT2D eigenvalue weighted by Crippen LogP contribution is -2.27. The Balaban J connectivity index is 2.26. The van der Waals surface area contributed by atoms with E-state index in [1.807, 2.05) is 0 Å². The van der Waals surface area contributed by atoms with Crippen LogP contribution in [0.3, 0.4) is 0 Å². The minimum atomic E-state index is -1.56. The quantitative estimate of drug-likeness (QED) is 0.688. The topological polar surface area (TPSA) is 107 Å². The molecular formula is C10H12FN3O4. The summed E-state index contributed by atoms with van der Waals surface area (Å²) >= 11 is 0. The van der Waals surface area contributed by atoms with E-state index in [0.29, 0.717) is 0 Å². The third-order valence-electron chi connectivity index (χ3n) is 2.87. The molecule has 0 amide bonds. The second-order valence-electron chi connectivity index (χ2n) is 4.00. The van der Waals surface area contributed by atoms with E-state index in [-0.39, 0.29) is 12.2 Å². The van der Waals surface area contributed by atoms with Crippen LogP contribution in [0.5, 0.6) is 0 Å². The Hall–Kier alpha value is -1.80. The van der Waals surface area contributed by atoms with Crippen LogP contribution in [0.4, 0.5) is 10.2 Å². The van der Waals surface area contributed by atoms with Gasteiger partial charge in [0.05, 0.1) is 18.6 Å². The number of aliphatic hydroxyl groups excluding tert-OH is 1. The van der Waals surface area contributed by atoms with Crippen LogP contribution in [0.15, 0.2) is 17.1 Å². The van der Waals surface area contributed by atoms with Crippen LogP contribution in [0, 0.1) is 5.92 Å². The predicted octanol–water partition coefficient (Wildman–Crippen LogP) is -0.782. The summed E-state index contributed by atoms with van der Waals surface area (Å²) in [5.41, 5.74) is 4.69. The average Bonchev–Trinajstić information content (AvgIpc) is 2.73. The second-order valence-corrected chi connectivity index (χ2v) is 4.00. The van der Waals surface area contributed by atoms with Crippen LogP contribution < -0.4 is 11.4 Å². The van der Waals surface area contributed by atoms with Gasteiger partial charge in [-0.2, -0.15) is 9.37 Å². The molecule has 18 heavy (non-hydrogen) atoms. The van der Waals surface area contributed by atoms with Gasteiger partial charge in [0, 0.05) is 12.6 Å². The Bertz CT molecular complexity index is 518. The lowest BCUT2D eigenvalue weighted by Gasteiger charge is -2.14.